The molecule has 0 unspecified atom stereocenters. The second-order valence-electron chi connectivity index (χ2n) is 7.65. The fourth-order valence-corrected chi connectivity index (χ4v) is 4.45. The average molecular weight is 363 g/mol. The molecular weight excluding hydrogens is 338 g/mol. The zero-order valence-electron chi connectivity index (χ0n) is 15.4. The number of hydrogen-bond donors (Lipinski definition) is 3. The number of H-pyrrole nitrogens is 1. The van der Waals surface area contributed by atoms with Crippen molar-refractivity contribution in [3.8, 4) is 0 Å². The van der Waals surface area contributed by atoms with Gasteiger partial charge in [-0.25, -0.2) is 4.98 Å². The summed E-state index contributed by atoms with van der Waals surface area (Å²) >= 11 is 0. The van der Waals surface area contributed by atoms with Crippen molar-refractivity contribution in [1.29, 1.82) is 0 Å². The molecule has 0 radical (unpaired) electrons. The summed E-state index contributed by atoms with van der Waals surface area (Å²) in [7, 11) is 0. The van der Waals surface area contributed by atoms with Gasteiger partial charge in [0.15, 0.2) is 11.5 Å². The van der Waals surface area contributed by atoms with Crippen LogP contribution in [0.4, 0.5) is 17.5 Å². The largest absolute Gasteiger partial charge is 0.352 e. The summed E-state index contributed by atoms with van der Waals surface area (Å²) in [6, 6.07) is 10.0. The minimum atomic E-state index is 0.223. The Bertz CT molecular complexity index is 909. The third kappa shape index (κ3) is 3.23. The lowest BCUT2D eigenvalue weighted by Gasteiger charge is -2.46. The standard InChI is InChI=1S/C20H25N7/c1-3-7-15(8-4-1)24-19-25-17-16(21-14-22-17)18(26-19)27-12-11-23-20(13-27)9-5-2-6-10-20/h1,3-4,7-8,14,23H,2,5-6,9-13H2,(H2,21,22,24,25,26). The molecule has 2 fully saturated rings. The fraction of sp³-hybridized carbons (Fsp3) is 0.450. The Morgan fingerprint density at radius 3 is 2.74 bits per heavy atom. The van der Waals surface area contributed by atoms with E-state index in [0.29, 0.717) is 11.6 Å². The van der Waals surface area contributed by atoms with Crippen LogP contribution >= 0.6 is 0 Å². The quantitative estimate of drug-likeness (QED) is 0.663. The van der Waals surface area contributed by atoms with E-state index in [0.717, 1.165) is 36.7 Å². The van der Waals surface area contributed by atoms with Gasteiger partial charge in [0.2, 0.25) is 5.95 Å². The van der Waals surface area contributed by atoms with Gasteiger partial charge < -0.3 is 20.5 Å². The van der Waals surface area contributed by atoms with Gasteiger partial charge in [-0.05, 0) is 25.0 Å². The summed E-state index contributed by atoms with van der Waals surface area (Å²) in [5, 5.41) is 7.12. The Kier molecular flexibility index (Phi) is 4.16. The first kappa shape index (κ1) is 16.5. The minimum Gasteiger partial charge on any atom is -0.352 e. The number of nitrogens with zero attached hydrogens (tertiary/aromatic N) is 4. The predicted molar refractivity (Wildman–Crippen MR) is 107 cm³/mol. The lowest BCUT2D eigenvalue weighted by Crippen LogP contribution is -2.61. The summed E-state index contributed by atoms with van der Waals surface area (Å²) in [6.07, 6.45) is 8.17. The molecule has 1 spiro atoms. The third-order valence-corrected chi connectivity index (χ3v) is 5.78. The maximum Gasteiger partial charge on any atom is 0.231 e. The van der Waals surface area contributed by atoms with Crippen molar-refractivity contribution in [3.05, 3.63) is 36.7 Å². The highest BCUT2D eigenvalue weighted by atomic mass is 15.3. The molecule has 1 aliphatic heterocycles. The van der Waals surface area contributed by atoms with E-state index >= 15 is 0 Å². The monoisotopic (exact) mass is 363 g/mol. The summed E-state index contributed by atoms with van der Waals surface area (Å²) in [6.45, 7) is 2.92. The summed E-state index contributed by atoms with van der Waals surface area (Å²) < 4.78 is 0. The van der Waals surface area contributed by atoms with Crippen molar-refractivity contribution < 1.29 is 0 Å². The van der Waals surface area contributed by atoms with Crippen molar-refractivity contribution in [2.45, 2.75) is 37.6 Å². The molecule has 3 heterocycles. The van der Waals surface area contributed by atoms with E-state index in [1.54, 1.807) is 6.33 Å². The highest BCUT2D eigenvalue weighted by Crippen LogP contribution is 2.33. The van der Waals surface area contributed by atoms with E-state index in [4.69, 9.17) is 4.98 Å². The van der Waals surface area contributed by atoms with Crippen LogP contribution < -0.4 is 15.5 Å². The number of piperazine rings is 1. The van der Waals surface area contributed by atoms with Gasteiger partial charge in [-0.1, -0.05) is 37.5 Å². The minimum absolute atomic E-state index is 0.223. The number of hydrogen-bond acceptors (Lipinski definition) is 6. The number of para-hydroxylation sites is 1. The topological polar surface area (TPSA) is 81.8 Å². The smallest absolute Gasteiger partial charge is 0.231 e. The first-order chi connectivity index (χ1) is 13.3. The number of imidazole rings is 1. The van der Waals surface area contributed by atoms with Gasteiger partial charge in [0.25, 0.3) is 0 Å². The predicted octanol–water partition coefficient (Wildman–Crippen LogP) is 3.21. The molecule has 5 rings (SSSR count). The molecule has 1 aliphatic carbocycles. The number of anilines is 3. The van der Waals surface area contributed by atoms with Crippen LogP contribution in [-0.4, -0.2) is 45.1 Å². The number of rotatable bonds is 3. The number of aromatic amines is 1. The van der Waals surface area contributed by atoms with Gasteiger partial charge in [-0.2, -0.15) is 9.97 Å². The second-order valence-corrected chi connectivity index (χ2v) is 7.65. The highest BCUT2D eigenvalue weighted by Gasteiger charge is 2.37. The van der Waals surface area contributed by atoms with Crippen LogP contribution in [0.2, 0.25) is 0 Å². The van der Waals surface area contributed by atoms with Crippen molar-refractivity contribution in [3.63, 3.8) is 0 Å². The van der Waals surface area contributed by atoms with Crippen molar-refractivity contribution in [2.24, 2.45) is 0 Å². The number of fused-ring (bicyclic) bond motifs is 1. The van der Waals surface area contributed by atoms with E-state index in [2.05, 4.69) is 30.5 Å². The number of aromatic nitrogens is 4. The summed E-state index contributed by atoms with van der Waals surface area (Å²) in [4.78, 5) is 19.5. The molecule has 1 saturated carbocycles. The summed E-state index contributed by atoms with van der Waals surface area (Å²) in [5.74, 6) is 1.54. The van der Waals surface area contributed by atoms with Crippen LogP contribution in [0.15, 0.2) is 36.7 Å². The Labute approximate surface area is 158 Å². The zero-order valence-corrected chi connectivity index (χ0v) is 15.4. The molecule has 0 bridgehead atoms. The molecule has 0 atom stereocenters. The van der Waals surface area contributed by atoms with Gasteiger partial charge in [-0.3, -0.25) is 0 Å². The number of nitrogens with one attached hydrogen (secondary N) is 3. The lowest BCUT2D eigenvalue weighted by molar-refractivity contribution is 0.216. The number of benzene rings is 1. The second kappa shape index (κ2) is 6.81. The Hall–Kier alpha value is -2.67. The Morgan fingerprint density at radius 1 is 1.04 bits per heavy atom. The van der Waals surface area contributed by atoms with Crippen LogP contribution in [0.3, 0.4) is 0 Å². The molecule has 2 aromatic heterocycles. The molecule has 7 nitrogen and oxygen atoms in total. The van der Waals surface area contributed by atoms with Crippen molar-refractivity contribution in [2.75, 3.05) is 29.9 Å². The van der Waals surface area contributed by atoms with Crippen LogP contribution in [0, 0.1) is 0 Å². The molecule has 3 aromatic rings. The van der Waals surface area contributed by atoms with Crippen LogP contribution in [0.25, 0.3) is 11.2 Å². The first-order valence-electron chi connectivity index (χ1n) is 9.85. The van der Waals surface area contributed by atoms with Gasteiger partial charge in [-0.15, -0.1) is 0 Å². The zero-order chi connectivity index (χ0) is 18.1. The molecular formula is C20H25N7. The molecule has 7 heteroatoms. The molecule has 140 valence electrons. The fourth-order valence-electron chi connectivity index (χ4n) is 4.45. The maximum atomic E-state index is 4.87. The summed E-state index contributed by atoms with van der Waals surface area (Å²) in [5.41, 5.74) is 2.82. The van der Waals surface area contributed by atoms with Gasteiger partial charge in [0, 0.05) is 30.9 Å². The van der Waals surface area contributed by atoms with Crippen molar-refractivity contribution >= 4 is 28.6 Å². The van der Waals surface area contributed by atoms with Crippen molar-refractivity contribution in [1.82, 2.24) is 25.3 Å². The molecule has 1 aromatic carbocycles. The Balaban J connectivity index is 1.49. The molecule has 2 aliphatic rings. The van der Waals surface area contributed by atoms with Gasteiger partial charge >= 0.3 is 0 Å². The van der Waals surface area contributed by atoms with Crippen LogP contribution in [0.5, 0.6) is 0 Å². The molecule has 3 N–H and O–H groups in total. The van der Waals surface area contributed by atoms with Gasteiger partial charge in [0.05, 0.1) is 6.33 Å². The van der Waals surface area contributed by atoms with Crippen LogP contribution in [0.1, 0.15) is 32.1 Å². The van der Waals surface area contributed by atoms with E-state index in [1.165, 1.54) is 32.1 Å². The van der Waals surface area contributed by atoms with E-state index in [1.807, 2.05) is 30.3 Å². The van der Waals surface area contributed by atoms with E-state index < -0.39 is 0 Å². The maximum absolute atomic E-state index is 4.87. The first-order valence-corrected chi connectivity index (χ1v) is 9.85. The third-order valence-electron chi connectivity index (χ3n) is 5.78. The lowest BCUT2D eigenvalue weighted by atomic mass is 9.80. The van der Waals surface area contributed by atoms with Crippen LogP contribution in [-0.2, 0) is 0 Å². The molecule has 1 saturated heterocycles. The van der Waals surface area contributed by atoms with E-state index in [9.17, 15) is 0 Å². The average Bonchev–Trinajstić information content (AvgIpc) is 3.17. The SMILES string of the molecule is c1ccc(Nc2nc(N3CCNC4(CCCCC4)C3)c3[nH]cnc3n2)cc1. The van der Waals surface area contributed by atoms with E-state index in [-0.39, 0.29) is 5.54 Å². The highest BCUT2D eigenvalue weighted by molar-refractivity contribution is 5.85. The molecule has 27 heavy (non-hydrogen) atoms. The van der Waals surface area contributed by atoms with Gasteiger partial charge in [0.1, 0.15) is 5.52 Å². The normalized spacial score (nSPS) is 19.5. The molecule has 0 amide bonds. The Morgan fingerprint density at radius 2 is 1.89 bits per heavy atom.